The maximum absolute atomic E-state index is 12.0. The van der Waals surface area contributed by atoms with Gasteiger partial charge >= 0.3 is 5.97 Å². The van der Waals surface area contributed by atoms with E-state index in [-0.39, 0.29) is 17.2 Å². The second kappa shape index (κ2) is 6.94. The van der Waals surface area contributed by atoms with Crippen molar-refractivity contribution in [1.29, 1.82) is 0 Å². The number of aromatic nitrogens is 1. The fraction of sp³-hybridized carbons (Fsp3) is 0.214. The summed E-state index contributed by atoms with van der Waals surface area (Å²) in [5.41, 5.74) is 0.126. The van der Waals surface area contributed by atoms with Gasteiger partial charge in [-0.3, -0.25) is 4.79 Å². The highest BCUT2D eigenvalue weighted by atomic mass is 32.2. The zero-order valence-electron chi connectivity index (χ0n) is 11.4. The Balaban J connectivity index is 1.84. The zero-order valence-corrected chi connectivity index (χ0v) is 12.2. The molecule has 21 heavy (non-hydrogen) atoms. The Labute approximate surface area is 125 Å². The van der Waals surface area contributed by atoms with Crippen molar-refractivity contribution < 1.29 is 19.1 Å². The van der Waals surface area contributed by atoms with Crippen molar-refractivity contribution in [2.45, 2.75) is 11.6 Å². The summed E-state index contributed by atoms with van der Waals surface area (Å²) in [7, 11) is 1.70. The second-order valence-corrected chi connectivity index (χ2v) is 5.30. The number of hydrogen-bond acceptors (Lipinski definition) is 5. The van der Waals surface area contributed by atoms with Crippen molar-refractivity contribution in [3.05, 3.63) is 48.0 Å². The number of rotatable bonds is 6. The van der Waals surface area contributed by atoms with E-state index in [2.05, 4.69) is 4.98 Å². The Morgan fingerprint density at radius 1 is 1.38 bits per heavy atom. The van der Waals surface area contributed by atoms with Gasteiger partial charge in [-0.05, 0) is 24.3 Å². The van der Waals surface area contributed by atoms with Crippen molar-refractivity contribution in [1.82, 2.24) is 9.88 Å². The minimum absolute atomic E-state index is 0.0551. The standard InChI is InChI=1S/C14H14N2O4S/c1-16(8-11-3-2-6-20-11)13(17)9-21-12-5-4-10(7-15-12)14(18)19/h2-7H,8-9H2,1H3,(H,18,19). The molecule has 2 heterocycles. The van der Waals surface area contributed by atoms with Gasteiger partial charge in [-0.2, -0.15) is 0 Å². The molecule has 0 aliphatic rings. The van der Waals surface area contributed by atoms with Gasteiger partial charge in [0.15, 0.2) is 0 Å². The number of thioether (sulfide) groups is 1. The molecule has 0 saturated carbocycles. The van der Waals surface area contributed by atoms with Gasteiger partial charge in [0, 0.05) is 13.2 Å². The number of carboxylic acids is 1. The van der Waals surface area contributed by atoms with Crippen molar-refractivity contribution in [2.24, 2.45) is 0 Å². The van der Waals surface area contributed by atoms with Gasteiger partial charge in [0.05, 0.1) is 29.2 Å². The predicted molar refractivity (Wildman–Crippen MR) is 77.1 cm³/mol. The van der Waals surface area contributed by atoms with Crippen molar-refractivity contribution in [2.75, 3.05) is 12.8 Å². The van der Waals surface area contributed by atoms with E-state index >= 15 is 0 Å². The molecule has 2 aromatic heterocycles. The van der Waals surface area contributed by atoms with Crippen LogP contribution < -0.4 is 0 Å². The minimum Gasteiger partial charge on any atom is -0.478 e. The van der Waals surface area contributed by atoms with E-state index in [9.17, 15) is 9.59 Å². The SMILES string of the molecule is CN(Cc1ccco1)C(=O)CSc1ccc(C(=O)O)cn1. The third-order valence-electron chi connectivity index (χ3n) is 2.73. The largest absolute Gasteiger partial charge is 0.478 e. The Hall–Kier alpha value is -2.28. The lowest BCUT2D eigenvalue weighted by molar-refractivity contribution is -0.127. The van der Waals surface area contributed by atoms with Gasteiger partial charge in [-0.25, -0.2) is 9.78 Å². The summed E-state index contributed by atoms with van der Waals surface area (Å²) in [5.74, 6) is -0.120. The highest BCUT2D eigenvalue weighted by Gasteiger charge is 2.12. The molecule has 2 rings (SSSR count). The molecule has 0 saturated heterocycles. The van der Waals surface area contributed by atoms with E-state index in [1.807, 2.05) is 6.07 Å². The van der Waals surface area contributed by atoms with Gasteiger partial charge in [0.25, 0.3) is 0 Å². The summed E-state index contributed by atoms with van der Waals surface area (Å²) in [6, 6.07) is 6.64. The molecule has 0 unspecified atom stereocenters. The summed E-state index contributed by atoms with van der Waals surface area (Å²) in [5, 5.41) is 9.38. The van der Waals surface area contributed by atoms with Crippen LogP contribution in [0.25, 0.3) is 0 Å². The molecule has 0 atom stereocenters. The van der Waals surface area contributed by atoms with Crippen molar-refractivity contribution in [3.63, 3.8) is 0 Å². The topological polar surface area (TPSA) is 83.6 Å². The molecule has 0 bridgehead atoms. The molecule has 1 amide bonds. The number of furan rings is 1. The highest BCUT2D eigenvalue weighted by Crippen LogP contribution is 2.16. The van der Waals surface area contributed by atoms with Crippen LogP contribution >= 0.6 is 11.8 Å². The molecule has 0 spiro atoms. The molecular formula is C14H14N2O4S. The molecule has 0 fully saturated rings. The van der Waals surface area contributed by atoms with E-state index in [0.717, 1.165) is 5.76 Å². The van der Waals surface area contributed by atoms with Crippen LogP contribution in [-0.4, -0.2) is 39.7 Å². The molecular weight excluding hydrogens is 292 g/mol. The number of aromatic carboxylic acids is 1. The lowest BCUT2D eigenvalue weighted by atomic mass is 10.3. The number of carboxylic acid groups (broad SMARTS) is 1. The molecule has 0 aromatic carbocycles. The summed E-state index contributed by atoms with van der Waals surface area (Å²) in [4.78, 5) is 28.2. The van der Waals surface area contributed by atoms with Gasteiger partial charge in [0.1, 0.15) is 5.76 Å². The number of hydrogen-bond donors (Lipinski definition) is 1. The maximum atomic E-state index is 12.0. The Kier molecular flexibility index (Phi) is 4.99. The quantitative estimate of drug-likeness (QED) is 0.823. The molecule has 1 N–H and O–H groups in total. The van der Waals surface area contributed by atoms with Crippen LogP contribution in [0, 0.1) is 0 Å². The first kappa shape index (κ1) is 15.1. The highest BCUT2D eigenvalue weighted by molar-refractivity contribution is 7.99. The summed E-state index contributed by atoms with van der Waals surface area (Å²) in [6.07, 6.45) is 2.85. The van der Waals surface area contributed by atoms with E-state index in [0.29, 0.717) is 11.6 Å². The normalized spacial score (nSPS) is 10.3. The van der Waals surface area contributed by atoms with Gasteiger partial charge < -0.3 is 14.4 Å². The fourth-order valence-corrected chi connectivity index (χ4v) is 2.35. The molecule has 2 aromatic rings. The van der Waals surface area contributed by atoms with E-state index in [1.54, 1.807) is 30.3 Å². The monoisotopic (exact) mass is 306 g/mol. The van der Waals surface area contributed by atoms with Crippen LogP contribution in [-0.2, 0) is 11.3 Å². The third-order valence-corrected chi connectivity index (χ3v) is 3.65. The van der Waals surface area contributed by atoms with Crippen molar-refractivity contribution >= 4 is 23.6 Å². The zero-order chi connectivity index (χ0) is 15.2. The van der Waals surface area contributed by atoms with Gasteiger partial charge in [-0.1, -0.05) is 11.8 Å². The summed E-state index contributed by atoms with van der Waals surface area (Å²) < 4.78 is 5.18. The average Bonchev–Trinajstić information content (AvgIpc) is 2.98. The Morgan fingerprint density at radius 3 is 2.76 bits per heavy atom. The van der Waals surface area contributed by atoms with E-state index in [1.165, 1.54) is 24.0 Å². The Morgan fingerprint density at radius 2 is 2.19 bits per heavy atom. The van der Waals surface area contributed by atoms with Crippen molar-refractivity contribution in [3.8, 4) is 0 Å². The van der Waals surface area contributed by atoms with Crippen LogP contribution in [0.2, 0.25) is 0 Å². The third kappa shape index (κ3) is 4.35. The number of carbonyl (C=O) groups is 2. The smallest absolute Gasteiger partial charge is 0.337 e. The second-order valence-electron chi connectivity index (χ2n) is 4.31. The van der Waals surface area contributed by atoms with Crippen LogP contribution in [0.15, 0.2) is 46.2 Å². The molecule has 0 aliphatic heterocycles. The number of pyridine rings is 1. The minimum atomic E-state index is -1.02. The van der Waals surface area contributed by atoms with Gasteiger partial charge in [0.2, 0.25) is 5.91 Å². The summed E-state index contributed by atoms with van der Waals surface area (Å²) >= 11 is 1.26. The van der Waals surface area contributed by atoms with E-state index in [4.69, 9.17) is 9.52 Å². The molecule has 110 valence electrons. The van der Waals surface area contributed by atoms with E-state index < -0.39 is 5.97 Å². The molecule has 0 aliphatic carbocycles. The fourth-order valence-electron chi connectivity index (χ4n) is 1.56. The Bertz CT molecular complexity index is 610. The lowest BCUT2D eigenvalue weighted by Gasteiger charge is -2.15. The lowest BCUT2D eigenvalue weighted by Crippen LogP contribution is -2.27. The van der Waals surface area contributed by atoms with Crippen LogP contribution in [0.3, 0.4) is 0 Å². The maximum Gasteiger partial charge on any atom is 0.337 e. The average molecular weight is 306 g/mol. The first-order valence-corrected chi connectivity index (χ1v) is 7.13. The predicted octanol–water partition coefficient (Wildman–Crippen LogP) is 2.12. The number of nitrogens with zero attached hydrogens (tertiary/aromatic N) is 2. The van der Waals surface area contributed by atoms with Crippen LogP contribution in [0.5, 0.6) is 0 Å². The first-order valence-electron chi connectivity index (χ1n) is 6.15. The molecule has 7 heteroatoms. The first-order chi connectivity index (χ1) is 10.1. The molecule has 6 nitrogen and oxygen atoms in total. The molecule has 0 radical (unpaired) electrons. The van der Waals surface area contributed by atoms with Crippen LogP contribution in [0.4, 0.5) is 0 Å². The summed E-state index contributed by atoms with van der Waals surface area (Å²) in [6.45, 7) is 0.414. The van der Waals surface area contributed by atoms with Crippen LogP contribution in [0.1, 0.15) is 16.1 Å². The van der Waals surface area contributed by atoms with Gasteiger partial charge in [-0.15, -0.1) is 0 Å². The number of amides is 1. The number of carbonyl (C=O) groups excluding carboxylic acids is 1.